The van der Waals surface area contributed by atoms with E-state index in [4.69, 9.17) is 22.2 Å². The highest BCUT2D eigenvalue weighted by atomic mass is 32.1. The van der Waals surface area contributed by atoms with Crippen molar-refractivity contribution in [1.82, 2.24) is 14.7 Å². The third kappa shape index (κ3) is 7.50. The standard InChI is InChI=1S/C28H38F3N5O3S/c1-27(2)25(38)36(22-10-9-21(20-32)23(19-22)28(29,30)31)26(40)35(27)15-7-5-4-6-12-33-13-8-14-34(17-16-33)24(37)11-18-39-3/h9-10,19H,4-8,11-18H2,1-3H3. The molecule has 0 bridgehead atoms. The molecular weight excluding hydrogens is 543 g/mol. The lowest BCUT2D eigenvalue weighted by Crippen LogP contribution is -2.44. The van der Waals surface area contributed by atoms with Gasteiger partial charge in [0.05, 0.1) is 35.9 Å². The maximum absolute atomic E-state index is 13.5. The quantitative estimate of drug-likeness (QED) is 0.283. The molecule has 8 nitrogen and oxygen atoms in total. The third-order valence-electron chi connectivity index (χ3n) is 7.58. The summed E-state index contributed by atoms with van der Waals surface area (Å²) >= 11 is 5.56. The summed E-state index contributed by atoms with van der Waals surface area (Å²) < 4.78 is 45.5. The Labute approximate surface area is 239 Å². The number of nitrogens with zero attached hydrogens (tertiary/aromatic N) is 5. The first-order chi connectivity index (χ1) is 18.9. The summed E-state index contributed by atoms with van der Waals surface area (Å²) in [5, 5.41) is 9.25. The Morgan fingerprint density at radius 3 is 2.45 bits per heavy atom. The normalized spacial score (nSPS) is 18.3. The van der Waals surface area contributed by atoms with Crippen LogP contribution in [0, 0.1) is 11.3 Å². The monoisotopic (exact) mass is 581 g/mol. The summed E-state index contributed by atoms with van der Waals surface area (Å²) in [7, 11) is 1.60. The summed E-state index contributed by atoms with van der Waals surface area (Å²) in [6.45, 7) is 8.69. The predicted molar refractivity (Wildman–Crippen MR) is 150 cm³/mol. The molecule has 2 aliphatic heterocycles. The number of ether oxygens (including phenoxy) is 1. The Kier molecular flexibility index (Phi) is 10.9. The van der Waals surface area contributed by atoms with E-state index in [2.05, 4.69) is 4.90 Å². The summed E-state index contributed by atoms with van der Waals surface area (Å²) in [5.74, 6) is -0.255. The van der Waals surface area contributed by atoms with Crippen LogP contribution in [0.15, 0.2) is 18.2 Å². The Bertz CT molecular complexity index is 1120. The van der Waals surface area contributed by atoms with Crippen LogP contribution >= 0.6 is 12.2 Å². The summed E-state index contributed by atoms with van der Waals surface area (Å²) in [5.41, 5.74) is -2.58. The number of rotatable bonds is 11. The number of halogens is 3. The van der Waals surface area contributed by atoms with Gasteiger partial charge in [0.1, 0.15) is 5.54 Å². The van der Waals surface area contributed by atoms with Crippen LogP contribution in [0.3, 0.4) is 0 Å². The number of methoxy groups -OCH3 is 1. The molecule has 1 aromatic rings. The number of carbonyl (C=O) groups excluding carboxylic acids is 2. The van der Waals surface area contributed by atoms with Crippen molar-refractivity contribution in [2.45, 2.75) is 64.1 Å². The number of hydrogen-bond acceptors (Lipinski definition) is 6. The molecular formula is C28H38F3N5O3S. The number of alkyl halides is 3. The number of thiocarbonyl (C=S) groups is 1. The van der Waals surface area contributed by atoms with Crippen LogP contribution in [0.4, 0.5) is 18.9 Å². The number of nitriles is 1. The Hall–Kier alpha value is -2.75. The van der Waals surface area contributed by atoms with E-state index in [0.29, 0.717) is 19.6 Å². The Morgan fingerprint density at radius 1 is 1.10 bits per heavy atom. The van der Waals surface area contributed by atoms with Crippen molar-refractivity contribution in [2.75, 3.05) is 57.9 Å². The molecule has 0 aliphatic carbocycles. The number of unbranched alkanes of at least 4 members (excludes halogenated alkanes) is 3. The van der Waals surface area contributed by atoms with E-state index in [1.165, 1.54) is 6.07 Å². The van der Waals surface area contributed by atoms with E-state index in [9.17, 15) is 22.8 Å². The number of amides is 2. The molecule has 2 heterocycles. The van der Waals surface area contributed by atoms with Crippen molar-refractivity contribution in [1.29, 1.82) is 5.26 Å². The number of benzene rings is 1. The fraction of sp³-hybridized carbons (Fsp3) is 0.643. The zero-order chi connectivity index (χ0) is 29.5. The minimum Gasteiger partial charge on any atom is -0.384 e. The molecule has 0 aromatic heterocycles. The van der Waals surface area contributed by atoms with Crippen LogP contribution in [0.1, 0.15) is 63.5 Å². The summed E-state index contributed by atoms with van der Waals surface area (Å²) in [6.07, 6.45) is 0.363. The first kappa shape index (κ1) is 31.8. The Balaban J connectivity index is 1.49. The lowest BCUT2D eigenvalue weighted by molar-refractivity contribution is -0.138. The van der Waals surface area contributed by atoms with Gasteiger partial charge >= 0.3 is 6.18 Å². The van der Waals surface area contributed by atoms with Gasteiger partial charge in [-0.05, 0) is 76.6 Å². The van der Waals surface area contributed by atoms with Crippen molar-refractivity contribution in [3.63, 3.8) is 0 Å². The van der Waals surface area contributed by atoms with Crippen molar-refractivity contribution in [3.8, 4) is 6.07 Å². The van der Waals surface area contributed by atoms with Gasteiger partial charge in [-0.15, -0.1) is 0 Å². The number of carbonyl (C=O) groups is 2. The van der Waals surface area contributed by atoms with E-state index in [1.54, 1.807) is 31.9 Å². The maximum atomic E-state index is 13.5. The van der Waals surface area contributed by atoms with Crippen molar-refractivity contribution in [3.05, 3.63) is 29.3 Å². The summed E-state index contributed by atoms with van der Waals surface area (Å²) in [4.78, 5) is 32.7. The SMILES string of the molecule is COCCC(=O)N1CCCN(CCCCCCN2C(=S)N(c3ccc(C#N)c(C(F)(F)F)c3)C(=O)C2(C)C)CC1. The van der Waals surface area contributed by atoms with Gasteiger partial charge in [-0.1, -0.05) is 12.8 Å². The minimum atomic E-state index is -4.73. The number of hydrogen-bond donors (Lipinski definition) is 0. The second-order valence-electron chi connectivity index (χ2n) is 10.7. The molecule has 0 N–H and O–H groups in total. The summed E-state index contributed by atoms with van der Waals surface area (Å²) in [6, 6.07) is 4.78. The molecule has 12 heteroatoms. The van der Waals surface area contributed by atoms with Crippen molar-refractivity contribution < 1.29 is 27.5 Å². The Morgan fingerprint density at radius 2 is 1.80 bits per heavy atom. The van der Waals surface area contributed by atoms with Gasteiger partial charge in [0.25, 0.3) is 5.91 Å². The second kappa shape index (κ2) is 13.7. The van der Waals surface area contributed by atoms with Gasteiger partial charge in [-0.2, -0.15) is 18.4 Å². The first-order valence-corrected chi connectivity index (χ1v) is 14.1. The van der Waals surface area contributed by atoms with Crippen molar-refractivity contribution >= 4 is 34.8 Å². The van der Waals surface area contributed by atoms with E-state index in [0.717, 1.165) is 81.9 Å². The molecule has 2 aliphatic rings. The smallest absolute Gasteiger partial charge is 0.384 e. The lowest BCUT2D eigenvalue weighted by atomic mass is 10.0. The van der Waals surface area contributed by atoms with E-state index in [1.807, 2.05) is 4.90 Å². The topological polar surface area (TPSA) is 80.1 Å². The van der Waals surface area contributed by atoms with Crippen molar-refractivity contribution in [2.24, 2.45) is 0 Å². The minimum absolute atomic E-state index is 0.00770. The van der Waals surface area contributed by atoms with E-state index >= 15 is 0 Å². The molecule has 0 atom stereocenters. The van der Waals surface area contributed by atoms with Gasteiger partial charge in [0.15, 0.2) is 5.11 Å². The number of anilines is 1. The molecule has 1 aromatic carbocycles. The highest BCUT2D eigenvalue weighted by Crippen LogP contribution is 2.38. The van der Waals surface area contributed by atoms with E-state index in [-0.39, 0.29) is 16.7 Å². The zero-order valence-electron chi connectivity index (χ0n) is 23.4. The van der Waals surface area contributed by atoms with Crippen LogP contribution < -0.4 is 4.90 Å². The van der Waals surface area contributed by atoms with Crippen LogP contribution in [0.25, 0.3) is 0 Å². The fourth-order valence-electron chi connectivity index (χ4n) is 5.19. The van der Waals surface area contributed by atoms with Gasteiger partial charge in [-0.25, -0.2) is 0 Å². The molecule has 40 heavy (non-hydrogen) atoms. The molecule has 0 unspecified atom stereocenters. The third-order valence-corrected chi connectivity index (χ3v) is 7.98. The average Bonchev–Trinajstić information content (AvgIpc) is 3.07. The highest BCUT2D eigenvalue weighted by Gasteiger charge is 2.49. The highest BCUT2D eigenvalue weighted by molar-refractivity contribution is 7.80. The van der Waals surface area contributed by atoms with Gasteiger partial charge in [0.2, 0.25) is 5.91 Å². The first-order valence-electron chi connectivity index (χ1n) is 13.7. The van der Waals surface area contributed by atoms with Gasteiger partial charge < -0.3 is 19.4 Å². The molecule has 3 rings (SSSR count). The molecule has 2 saturated heterocycles. The molecule has 220 valence electrons. The molecule has 0 spiro atoms. The van der Waals surface area contributed by atoms with Crippen LogP contribution in [-0.4, -0.2) is 90.2 Å². The van der Waals surface area contributed by atoms with Gasteiger partial charge in [0, 0.05) is 33.3 Å². The average molecular weight is 582 g/mol. The van der Waals surface area contributed by atoms with Gasteiger partial charge in [-0.3, -0.25) is 14.5 Å². The predicted octanol–water partition coefficient (Wildman–Crippen LogP) is 4.42. The molecule has 0 saturated carbocycles. The maximum Gasteiger partial charge on any atom is 0.417 e. The van der Waals surface area contributed by atoms with Crippen LogP contribution in [-0.2, 0) is 20.5 Å². The van der Waals surface area contributed by atoms with Crippen LogP contribution in [0.5, 0.6) is 0 Å². The zero-order valence-corrected chi connectivity index (χ0v) is 24.2. The van der Waals surface area contributed by atoms with Crippen LogP contribution in [0.2, 0.25) is 0 Å². The molecule has 2 fully saturated rings. The fourth-order valence-corrected chi connectivity index (χ4v) is 5.70. The van der Waals surface area contributed by atoms with E-state index < -0.39 is 28.7 Å². The largest absolute Gasteiger partial charge is 0.417 e. The molecule has 2 amide bonds. The lowest BCUT2D eigenvalue weighted by Gasteiger charge is -2.29. The molecule has 0 radical (unpaired) electrons. The second-order valence-corrected chi connectivity index (χ2v) is 11.1.